The van der Waals surface area contributed by atoms with E-state index in [0.717, 1.165) is 32.4 Å². The summed E-state index contributed by atoms with van der Waals surface area (Å²) >= 11 is 0. The molecular weight excluding hydrogens is 244 g/mol. The first-order chi connectivity index (χ1) is 9.04. The van der Waals surface area contributed by atoms with Gasteiger partial charge in [-0.3, -0.25) is 4.79 Å². The SMILES string of the molecule is CCC[C@@H](NC(=O)CC(C)C1CCCNC1)C(=O)O. The van der Waals surface area contributed by atoms with Crippen LogP contribution in [0.3, 0.4) is 0 Å². The summed E-state index contributed by atoms with van der Waals surface area (Å²) in [4.78, 5) is 22.9. The van der Waals surface area contributed by atoms with Crippen molar-refractivity contribution in [3.05, 3.63) is 0 Å². The highest BCUT2D eigenvalue weighted by molar-refractivity contribution is 5.83. The molecule has 0 spiro atoms. The van der Waals surface area contributed by atoms with Crippen molar-refractivity contribution >= 4 is 11.9 Å². The van der Waals surface area contributed by atoms with Gasteiger partial charge in [-0.25, -0.2) is 4.79 Å². The van der Waals surface area contributed by atoms with Crippen LogP contribution in [0.1, 0.15) is 46.0 Å². The normalized spacial score (nSPS) is 22.5. The Morgan fingerprint density at radius 2 is 2.21 bits per heavy atom. The third-order valence-electron chi connectivity index (χ3n) is 3.86. The van der Waals surface area contributed by atoms with Crippen molar-refractivity contribution in [1.82, 2.24) is 10.6 Å². The molecule has 1 aliphatic heterocycles. The molecule has 110 valence electrons. The predicted molar refractivity (Wildman–Crippen MR) is 73.8 cm³/mol. The van der Waals surface area contributed by atoms with Gasteiger partial charge in [-0.2, -0.15) is 0 Å². The Morgan fingerprint density at radius 1 is 1.47 bits per heavy atom. The van der Waals surface area contributed by atoms with Crippen LogP contribution >= 0.6 is 0 Å². The summed E-state index contributed by atoms with van der Waals surface area (Å²) in [6.45, 7) is 6.02. The summed E-state index contributed by atoms with van der Waals surface area (Å²) in [6.07, 6.45) is 3.96. The summed E-state index contributed by atoms with van der Waals surface area (Å²) in [5, 5.41) is 15.0. The summed E-state index contributed by atoms with van der Waals surface area (Å²) in [5.74, 6) is -0.265. The minimum atomic E-state index is -0.942. The average molecular weight is 270 g/mol. The number of hydrogen-bond donors (Lipinski definition) is 3. The molecule has 0 radical (unpaired) electrons. The Balaban J connectivity index is 2.38. The number of carbonyl (C=O) groups is 2. The van der Waals surface area contributed by atoms with Gasteiger partial charge < -0.3 is 15.7 Å². The van der Waals surface area contributed by atoms with E-state index >= 15 is 0 Å². The maximum absolute atomic E-state index is 11.9. The van der Waals surface area contributed by atoms with Crippen molar-refractivity contribution < 1.29 is 14.7 Å². The van der Waals surface area contributed by atoms with Gasteiger partial charge in [0, 0.05) is 6.42 Å². The van der Waals surface area contributed by atoms with E-state index in [1.54, 1.807) is 0 Å². The lowest BCUT2D eigenvalue weighted by atomic mass is 9.85. The van der Waals surface area contributed by atoms with Gasteiger partial charge in [-0.05, 0) is 44.2 Å². The van der Waals surface area contributed by atoms with Crippen molar-refractivity contribution in [2.75, 3.05) is 13.1 Å². The second-order valence-electron chi connectivity index (χ2n) is 5.53. The molecule has 0 aromatic heterocycles. The first-order valence-corrected chi connectivity index (χ1v) is 7.27. The Labute approximate surface area is 115 Å². The molecule has 1 amide bonds. The third kappa shape index (κ3) is 5.59. The van der Waals surface area contributed by atoms with E-state index in [9.17, 15) is 9.59 Å². The van der Waals surface area contributed by atoms with Crippen molar-refractivity contribution in [3.8, 4) is 0 Å². The van der Waals surface area contributed by atoms with Gasteiger partial charge in [0.2, 0.25) is 5.91 Å². The lowest BCUT2D eigenvalue weighted by Gasteiger charge is -2.28. The number of piperidine rings is 1. The second-order valence-corrected chi connectivity index (χ2v) is 5.53. The third-order valence-corrected chi connectivity index (χ3v) is 3.86. The summed E-state index contributed by atoms with van der Waals surface area (Å²) < 4.78 is 0. The Hall–Kier alpha value is -1.10. The highest BCUT2D eigenvalue weighted by Gasteiger charge is 2.24. The van der Waals surface area contributed by atoms with Gasteiger partial charge in [0.15, 0.2) is 0 Å². The Kier molecular flexibility index (Phi) is 6.84. The van der Waals surface area contributed by atoms with Crippen molar-refractivity contribution in [2.45, 2.75) is 52.0 Å². The van der Waals surface area contributed by atoms with E-state index in [1.165, 1.54) is 0 Å². The molecule has 2 unspecified atom stereocenters. The van der Waals surface area contributed by atoms with E-state index in [1.807, 2.05) is 6.92 Å². The molecule has 1 heterocycles. The maximum atomic E-state index is 11.9. The zero-order chi connectivity index (χ0) is 14.3. The molecule has 3 N–H and O–H groups in total. The van der Waals surface area contributed by atoms with E-state index < -0.39 is 12.0 Å². The fourth-order valence-electron chi connectivity index (χ4n) is 2.62. The van der Waals surface area contributed by atoms with E-state index in [4.69, 9.17) is 5.11 Å². The van der Waals surface area contributed by atoms with Crippen LogP contribution in [0.15, 0.2) is 0 Å². The molecule has 19 heavy (non-hydrogen) atoms. The minimum absolute atomic E-state index is 0.140. The highest BCUT2D eigenvalue weighted by atomic mass is 16.4. The summed E-state index contributed by atoms with van der Waals surface area (Å²) in [7, 11) is 0. The molecule has 0 aromatic rings. The summed E-state index contributed by atoms with van der Waals surface area (Å²) in [6, 6.07) is -0.741. The fourth-order valence-corrected chi connectivity index (χ4v) is 2.62. The molecule has 5 nitrogen and oxygen atoms in total. The molecule has 1 rings (SSSR count). The number of nitrogens with one attached hydrogen (secondary N) is 2. The zero-order valence-corrected chi connectivity index (χ0v) is 11.9. The van der Waals surface area contributed by atoms with Gasteiger partial charge in [0.1, 0.15) is 6.04 Å². The van der Waals surface area contributed by atoms with E-state index in [0.29, 0.717) is 24.7 Å². The first kappa shape index (κ1) is 16.0. The molecule has 0 bridgehead atoms. The van der Waals surface area contributed by atoms with Crippen LogP contribution in [0, 0.1) is 11.8 Å². The van der Waals surface area contributed by atoms with Crippen LogP contribution in [-0.4, -0.2) is 36.1 Å². The quantitative estimate of drug-likeness (QED) is 0.653. The Bertz CT molecular complexity index is 301. The zero-order valence-electron chi connectivity index (χ0n) is 11.9. The van der Waals surface area contributed by atoms with Crippen LogP contribution in [0.2, 0.25) is 0 Å². The van der Waals surface area contributed by atoms with Crippen LogP contribution in [0.4, 0.5) is 0 Å². The molecule has 1 aliphatic rings. The highest BCUT2D eigenvalue weighted by Crippen LogP contribution is 2.22. The van der Waals surface area contributed by atoms with Crippen LogP contribution in [-0.2, 0) is 9.59 Å². The number of carboxylic acids is 1. The maximum Gasteiger partial charge on any atom is 0.326 e. The standard InChI is InChI=1S/C14H26N2O3/c1-3-5-12(14(18)19)16-13(17)8-10(2)11-6-4-7-15-9-11/h10-12,15H,3-9H2,1-2H3,(H,16,17)(H,18,19)/t10?,11?,12-/m1/s1. The number of aliphatic carboxylic acids is 1. The summed E-state index contributed by atoms with van der Waals surface area (Å²) in [5.41, 5.74) is 0. The lowest BCUT2D eigenvalue weighted by molar-refractivity contribution is -0.142. The van der Waals surface area contributed by atoms with Gasteiger partial charge in [0.25, 0.3) is 0 Å². The van der Waals surface area contributed by atoms with Gasteiger partial charge in [-0.15, -0.1) is 0 Å². The first-order valence-electron chi connectivity index (χ1n) is 7.27. The number of rotatable bonds is 7. The van der Waals surface area contributed by atoms with Crippen LogP contribution < -0.4 is 10.6 Å². The predicted octanol–water partition coefficient (Wildman–Crippen LogP) is 1.38. The van der Waals surface area contributed by atoms with Gasteiger partial charge in [0.05, 0.1) is 0 Å². The molecule has 0 aromatic carbocycles. The largest absolute Gasteiger partial charge is 0.480 e. The van der Waals surface area contributed by atoms with Crippen LogP contribution in [0.25, 0.3) is 0 Å². The molecule has 1 fully saturated rings. The number of amides is 1. The molecule has 1 saturated heterocycles. The molecule has 3 atom stereocenters. The van der Waals surface area contributed by atoms with Gasteiger partial charge in [-0.1, -0.05) is 20.3 Å². The van der Waals surface area contributed by atoms with E-state index in [2.05, 4.69) is 17.6 Å². The second kappa shape index (κ2) is 8.15. The number of carboxylic acid groups (broad SMARTS) is 1. The molecule has 0 aliphatic carbocycles. The fraction of sp³-hybridized carbons (Fsp3) is 0.857. The van der Waals surface area contributed by atoms with Gasteiger partial charge >= 0.3 is 5.97 Å². The monoisotopic (exact) mass is 270 g/mol. The molecular formula is C14H26N2O3. The molecule has 0 saturated carbocycles. The number of carbonyl (C=O) groups excluding carboxylic acids is 1. The van der Waals surface area contributed by atoms with Crippen molar-refractivity contribution in [2.24, 2.45) is 11.8 Å². The average Bonchev–Trinajstić information content (AvgIpc) is 2.39. The lowest BCUT2D eigenvalue weighted by Crippen LogP contribution is -2.42. The number of hydrogen-bond acceptors (Lipinski definition) is 3. The topological polar surface area (TPSA) is 78.4 Å². The Morgan fingerprint density at radius 3 is 2.74 bits per heavy atom. The molecule has 5 heteroatoms. The van der Waals surface area contributed by atoms with E-state index in [-0.39, 0.29) is 5.91 Å². The van der Waals surface area contributed by atoms with Crippen LogP contribution in [0.5, 0.6) is 0 Å². The smallest absolute Gasteiger partial charge is 0.326 e. The minimum Gasteiger partial charge on any atom is -0.480 e. The van der Waals surface area contributed by atoms with Crippen molar-refractivity contribution in [3.63, 3.8) is 0 Å². The van der Waals surface area contributed by atoms with Crippen molar-refractivity contribution in [1.29, 1.82) is 0 Å².